The Bertz CT molecular complexity index is 1130. The molecule has 0 unspecified atom stereocenters. The number of hydrogen-bond acceptors (Lipinski definition) is 5. The smallest absolute Gasteiger partial charge is 0.273 e. The molecule has 178 valence electrons. The van der Waals surface area contributed by atoms with Crippen LogP contribution in [0.25, 0.3) is 0 Å². The first kappa shape index (κ1) is 25.1. The van der Waals surface area contributed by atoms with Crippen LogP contribution in [0.3, 0.4) is 0 Å². The molecule has 0 aliphatic carbocycles. The van der Waals surface area contributed by atoms with Gasteiger partial charge in [0.05, 0.1) is 11.5 Å². The van der Waals surface area contributed by atoms with Crippen molar-refractivity contribution in [3.63, 3.8) is 0 Å². The van der Waals surface area contributed by atoms with Gasteiger partial charge in [0.1, 0.15) is 6.54 Å². The molecule has 34 heavy (non-hydrogen) atoms. The lowest BCUT2D eigenvalue weighted by molar-refractivity contribution is -0.385. The first-order valence-corrected chi connectivity index (χ1v) is 12.0. The fraction of sp³-hybridized carbons (Fsp3) is 0.308. The van der Waals surface area contributed by atoms with E-state index in [9.17, 15) is 19.7 Å². The van der Waals surface area contributed by atoms with Gasteiger partial charge < -0.3 is 9.80 Å². The van der Waals surface area contributed by atoms with Crippen LogP contribution in [0.2, 0.25) is 0 Å². The number of benzene rings is 2. The van der Waals surface area contributed by atoms with E-state index in [1.807, 2.05) is 61.7 Å². The zero-order valence-electron chi connectivity index (χ0n) is 19.6. The molecule has 2 amide bonds. The average Bonchev–Trinajstić information content (AvgIpc) is 3.31. The first-order valence-electron chi connectivity index (χ1n) is 11.1. The van der Waals surface area contributed by atoms with Crippen molar-refractivity contribution in [3.05, 3.63) is 97.7 Å². The van der Waals surface area contributed by atoms with E-state index in [4.69, 9.17) is 0 Å². The summed E-state index contributed by atoms with van der Waals surface area (Å²) in [5.41, 5.74) is 1.59. The maximum Gasteiger partial charge on any atom is 0.273 e. The molecular weight excluding hydrogens is 450 g/mol. The van der Waals surface area contributed by atoms with Gasteiger partial charge in [0.25, 0.3) is 11.6 Å². The number of nitro benzene ring substituents is 1. The van der Waals surface area contributed by atoms with Crippen LogP contribution in [0.5, 0.6) is 0 Å². The van der Waals surface area contributed by atoms with Crippen molar-refractivity contribution in [2.24, 2.45) is 5.92 Å². The Hall–Kier alpha value is -3.52. The second kappa shape index (κ2) is 11.6. The van der Waals surface area contributed by atoms with Crippen LogP contribution in [0.4, 0.5) is 5.69 Å². The lowest BCUT2D eigenvalue weighted by Gasteiger charge is -2.29. The standard InChI is InChI=1S/C26H29N3O4S/c1-19(2)15-28(26(31)22-12-11-20(3)24(14-22)29(32)33)18-25(30)27(17-23-10-7-13-34-23)16-21-8-5-4-6-9-21/h4-14,19H,15-18H2,1-3H3. The van der Waals surface area contributed by atoms with E-state index < -0.39 is 4.92 Å². The van der Waals surface area contributed by atoms with E-state index in [0.717, 1.165) is 10.4 Å². The molecule has 2 aromatic carbocycles. The van der Waals surface area contributed by atoms with Gasteiger partial charge in [-0.25, -0.2) is 0 Å². The quantitative estimate of drug-likeness (QED) is 0.292. The maximum atomic E-state index is 13.5. The normalized spacial score (nSPS) is 10.8. The number of aryl methyl sites for hydroxylation is 1. The van der Waals surface area contributed by atoms with Gasteiger partial charge in [-0.15, -0.1) is 11.3 Å². The van der Waals surface area contributed by atoms with Gasteiger partial charge in [-0.2, -0.15) is 0 Å². The molecule has 0 radical (unpaired) electrons. The minimum absolute atomic E-state index is 0.100. The minimum Gasteiger partial charge on any atom is -0.332 e. The third-order valence-electron chi connectivity index (χ3n) is 5.35. The van der Waals surface area contributed by atoms with Crippen LogP contribution < -0.4 is 0 Å². The van der Waals surface area contributed by atoms with Crippen molar-refractivity contribution in [3.8, 4) is 0 Å². The minimum atomic E-state index is -0.493. The van der Waals surface area contributed by atoms with E-state index in [1.54, 1.807) is 35.3 Å². The van der Waals surface area contributed by atoms with Crippen molar-refractivity contribution in [2.75, 3.05) is 13.1 Å². The Kier molecular flexibility index (Phi) is 8.54. The van der Waals surface area contributed by atoms with E-state index in [-0.39, 0.29) is 35.5 Å². The number of nitrogens with zero attached hydrogens (tertiary/aromatic N) is 3. The average molecular weight is 480 g/mol. The highest BCUT2D eigenvalue weighted by Crippen LogP contribution is 2.21. The number of thiophene rings is 1. The SMILES string of the molecule is Cc1ccc(C(=O)N(CC(=O)N(Cc2ccccc2)Cc2cccs2)CC(C)C)cc1[N+](=O)[O-]. The molecule has 0 spiro atoms. The molecule has 0 saturated carbocycles. The summed E-state index contributed by atoms with van der Waals surface area (Å²) in [5.74, 6) is -0.439. The van der Waals surface area contributed by atoms with Crippen LogP contribution in [-0.2, 0) is 17.9 Å². The summed E-state index contributed by atoms with van der Waals surface area (Å²) in [6, 6.07) is 18.1. The van der Waals surface area contributed by atoms with Crippen molar-refractivity contribution in [1.82, 2.24) is 9.80 Å². The number of hydrogen-bond donors (Lipinski definition) is 0. The zero-order chi connectivity index (χ0) is 24.7. The maximum absolute atomic E-state index is 13.5. The molecule has 3 rings (SSSR count). The van der Waals surface area contributed by atoms with Gasteiger partial charge in [0, 0.05) is 35.2 Å². The molecule has 0 N–H and O–H groups in total. The van der Waals surface area contributed by atoms with E-state index in [1.165, 1.54) is 11.0 Å². The second-order valence-corrected chi connectivity index (χ2v) is 9.68. The largest absolute Gasteiger partial charge is 0.332 e. The Morgan fingerprint density at radius 2 is 1.74 bits per heavy atom. The van der Waals surface area contributed by atoms with E-state index in [0.29, 0.717) is 25.2 Å². The summed E-state index contributed by atoms with van der Waals surface area (Å²) >= 11 is 1.58. The number of carbonyl (C=O) groups excluding carboxylic acids is 2. The highest BCUT2D eigenvalue weighted by Gasteiger charge is 2.25. The van der Waals surface area contributed by atoms with Crippen molar-refractivity contribution >= 4 is 28.8 Å². The number of amides is 2. The van der Waals surface area contributed by atoms with Crippen LogP contribution >= 0.6 is 11.3 Å². The molecule has 1 heterocycles. The monoisotopic (exact) mass is 479 g/mol. The lowest BCUT2D eigenvalue weighted by atomic mass is 10.1. The van der Waals surface area contributed by atoms with Crippen molar-refractivity contribution in [2.45, 2.75) is 33.9 Å². The predicted molar refractivity (Wildman–Crippen MR) is 134 cm³/mol. The van der Waals surface area contributed by atoms with Crippen LogP contribution in [0.1, 0.15) is 40.2 Å². The van der Waals surface area contributed by atoms with Crippen LogP contribution in [-0.4, -0.2) is 39.6 Å². The van der Waals surface area contributed by atoms with Gasteiger partial charge >= 0.3 is 0 Å². The van der Waals surface area contributed by atoms with Crippen LogP contribution in [0.15, 0.2) is 66.0 Å². The fourth-order valence-corrected chi connectivity index (χ4v) is 4.39. The Balaban J connectivity index is 1.84. The predicted octanol–water partition coefficient (Wildman–Crippen LogP) is 5.29. The third kappa shape index (κ3) is 6.74. The van der Waals surface area contributed by atoms with Crippen molar-refractivity contribution in [1.29, 1.82) is 0 Å². The van der Waals surface area contributed by atoms with Crippen LogP contribution in [0, 0.1) is 23.0 Å². The van der Waals surface area contributed by atoms with Gasteiger partial charge in [0.2, 0.25) is 5.91 Å². The fourth-order valence-electron chi connectivity index (χ4n) is 3.67. The molecule has 3 aromatic rings. The molecule has 0 bridgehead atoms. The summed E-state index contributed by atoms with van der Waals surface area (Å²) in [6.07, 6.45) is 0. The molecule has 7 nitrogen and oxygen atoms in total. The topological polar surface area (TPSA) is 83.8 Å². The summed E-state index contributed by atoms with van der Waals surface area (Å²) < 4.78 is 0. The molecule has 8 heteroatoms. The molecule has 1 aromatic heterocycles. The molecule has 0 aliphatic rings. The molecule has 0 aliphatic heterocycles. The third-order valence-corrected chi connectivity index (χ3v) is 6.21. The Morgan fingerprint density at radius 3 is 2.35 bits per heavy atom. The number of carbonyl (C=O) groups is 2. The molecule has 0 saturated heterocycles. The molecule has 0 atom stereocenters. The van der Waals surface area contributed by atoms with Crippen molar-refractivity contribution < 1.29 is 14.5 Å². The van der Waals surface area contributed by atoms with Gasteiger partial charge in [-0.05, 0) is 35.9 Å². The first-order chi connectivity index (χ1) is 16.2. The molecule has 0 fully saturated rings. The van der Waals surface area contributed by atoms with E-state index in [2.05, 4.69) is 0 Å². The lowest BCUT2D eigenvalue weighted by Crippen LogP contribution is -2.43. The highest BCUT2D eigenvalue weighted by atomic mass is 32.1. The summed E-state index contributed by atoms with van der Waals surface area (Å²) in [7, 11) is 0. The van der Waals surface area contributed by atoms with Gasteiger partial charge in [0.15, 0.2) is 0 Å². The summed E-state index contributed by atoms with van der Waals surface area (Å²) in [6.45, 7) is 6.71. The second-order valence-electron chi connectivity index (χ2n) is 8.65. The van der Waals surface area contributed by atoms with Gasteiger partial charge in [-0.1, -0.05) is 56.3 Å². The Morgan fingerprint density at radius 1 is 1.00 bits per heavy atom. The highest BCUT2D eigenvalue weighted by molar-refractivity contribution is 7.09. The summed E-state index contributed by atoms with van der Waals surface area (Å²) in [4.78, 5) is 42.0. The van der Waals surface area contributed by atoms with E-state index >= 15 is 0 Å². The Labute approximate surface area is 203 Å². The molecular formula is C26H29N3O4S. The zero-order valence-corrected chi connectivity index (χ0v) is 20.5. The summed E-state index contributed by atoms with van der Waals surface area (Å²) in [5, 5.41) is 13.3. The van der Waals surface area contributed by atoms with Gasteiger partial charge in [-0.3, -0.25) is 19.7 Å². The number of nitro groups is 1. The number of rotatable bonds is 10.